The zero-order valence-electron chi connectivity index (χ0n) is 14.9. The van der Waals surface area contributed by atoms with Gasteiger partial charge in [-0.2, -0.15) is 14.6 Å². The molecule has 142 valence electrons. The second-order valence-corrected chi connectivity index (χ2v) is 9.71. The molecule has 3 fully saturated rings. The van der Waals surface area contributed by atoms with Crippen LogP contribution in [-0.2, 0) is 14.6 Å². The third-order valence-corrected chi connectivity index (χ3v) is 7.52. The molecule has 0 aliphatic carbocycles. The summed E-state index contributed by atoms with van der Waals surface area (Å²) in [4.78, 5) is 34.0. The molecule has 1 spiro atoms. The fraction of sp³-hybridized carbons (Fsp3) is 0.333. The average molecular weight is 398 g/mol. The van der Waals surface area contributed by atoms with E-state index in [2.05, 4.69) is 11.1 Å². The lowest BCUT2D eigenvalue weighted by molar-refractivity contribution is -0.848. The molecular weight excluding hydrogens is 382 g/mol. The predicted molar refractivity (Wildman–Crippen MR) is 98.5 cm³/mol. The minimum absolute atomic E-state index is 0.218. The van der Waals surface area contributed by atoms with E-state index in [1.165, 1.54) is 6.07 Å². The number of benzene rings is 1. The number of quaternary nitrogens is 1. The highest BCUT2D eigenvalue weighted by atomic mass is 32.2. The Balaban J connectivity index is 1.71. The number of fused-ring (bicyclic) bond motifs is 2. The van der Waals surface area contributed by atoms with Gasteiger partial charge in [0, 0.05) is 17.8 Å². The molecule has 0 saturated carbocycles. The number of imide groups is 1. The number of carbonyl (C=O) groups is 2. The van der Waals surface area contributed by atoms with Crippen LogP contribution in [0.5, 0.6) is 0 Å². The van der Waals surface area contributed by atoms with Gasteiger partial charge in [-0.15, -0.1) is 0 Å². The van der Waals surface area contributed by atoms with Gasteiger partial charge in [0.2, 0.25) is 15.2 Å². The number of sulfone groups is 1. The number of piperazine rings is 1. The minimum atomic E-state index is -3.54. The van der Waals surface area contributed by atoms with Gasteiger partial charge in [-0.05, 0) is 24.3 Å². The van der Waals surface area contributed by atoms with Crippen molar-refractivity contribution in [3.63, 3.8) is 0 Å². The van der Waals surface area contributed by atoms with Crippen LogP contribution in [0.2, 0.25) is 0 Å². The Bertz CT molecular complexity index is 1220. The van der Waals surface area contributed by atoms with Gasteiger partial charge in [0.25, 0.3) is 5.91 Å². The van der Waals surface area contributed by atoms with Crippen molar-refractivity contribution in [1.29, 1.82) is 5.26 Å². The lowest BCUT2D eigenvalue weighted by Gasteiger charge is -2.32. The van der Waals surface area contributed by atoms with Crippen LogP contribution in [0, 0.1) is 11.3 Å². The van der Waals surface area contributed by atoms with Crippen molar-refractivity contribution in [3.05, 3.63) is 36.0 Å². The van der Waals surface area contributed by atoms with Crippen molar-refractivity contribution in [1.82, 2.24) is 9.88 Å². The van der Waals surface area contributed by atoms with Gasteiger partial charge >= 0.3 is 6.03 Å². The second kappa shape index (κ2) is 5.35. The summed E-state index contributed by atoms with van der Waals surface area (Å²) in [5.74, 6) is -0.407. The number of nitrogens with zero attached hydrogens (tertiary/aromatic N) is 5. The van der Waals surface area contributed by atoms with Gasteiger partial charge < -0.3 is 0 Å². The minimum Gasteiger partial charge on any atom is -0.267 e. The third-order valence-electron chi connectivity index (χ3n) is 6.00. The number of rotatable bonds is 2. The highest BCUT2D eigenvalue weighted by Gasteiger charge is 2.74. The smallest absolute Gasteiger partial charge is 0.267 e. The summed E-state index contributed by atoms with van der Waals surface area (Å²) in [6.45, 7) is 0.827. The van der Waals surface area contributed by atoms with E-state index in [4.69, 9.17) is 0 Å². The zero-order valence-corrected chi connectivity index (χ0v) is 15.8. The Labute approximate surface area is 160 Å². The van der Waals surface area contributed by atoms with E-state index in [0.717, 1.165) is 11.2 Å². The molecule has 4 unspecified atom stereocenters. The van der Waals surface area contributed by atoms with Crippen molar-refractivity contribution < 1.29 is 22.5 Å². The normalized spacial score (nSPS) is 31.4. The van der Waals surface area contributed by atoms with E-state index in [-0.39, 0.29) is 17.7 Å². The van der Waals surface area contributed by atoms with E-state index in [1.807, 2.05) is 4.90 Å². The Morgan fingerprint density at radius 3 is 2.75 bits per heavy atom. The van der Waals surface area contributed by atoms with Crippen molar-refractivity contribution in [2.75, 3.05) is 30.9 Å². The maximum Gasteiger partial charge on any atom is 0.433 e. The van der Waals surface area contributed by atoms with Crippen molar-refractivity contribution >= 4 is 38.4 Å². The van der Waals surface area contributed by atoms with Crippen LogP contribution in [0.25, 0.3) is 10.9 Å². The Kier molecular flexibility index (Phi) is 3.29. The largest absolute Gasteiger partial charge is 0.433 e. The molecule has 3 saturated heterocycles. The number of amides is 3. The Morgan fingerprint density at radius 2 is 2.04 bits per heavy atom. The number of nitriles is 1. The van der Waals surface area contributed by atoms with Gasteiger partial charge in [0.15, 0.2) is 6.04 Å². The first-order valence-corrected chi connectivity index (χ1v) is 10.7. The molecule has 0 radical (unpaired) electrons. The molecule has 5 rings (SSSR count). The van der Waals surface area contributed by atoms with E-state index in [9.17, 15) is 23.3 Å². The molecule has 28 heavy (non-hydrogen) atoms. The number of anilines is 1. The van der Waals surface area contributed by atoms with Gasteiger partial charge in [-0.25, -0.2) is 18.1 Å². The molecule has 3 aliphatic heterocycles. The third kappa shape index (κ3) is 1.95. The quantitative estimate of drug-likeness (QED) is 0.532. The SMILES string of the molecule is CS(=O)(=O)C1CN2CC3C(=O)N(c4ccc(C#N)c5ncccc45)C(=O)[N+]31C2. The lowest BCUT2D eigenvalue weighted by atomic mass is 10.1. The van der Waals surface area contributed by atoms with Crippen molar-refractivity contribution in [2.45, 2.75) is 11.4 Å². The summed E-state index contributed by atoms with van der Waals surface area (Å²) in [5, 5.41) is 8.88. The summed E-state index contributed by atoms with van der Waals surface area (Å²) in [5.41, 5.74) is 1.08. The summed E-state index contributed by atoms with van der Waals surface area (Å²) < 4.78 is 24.4. The molecule has 1 aromatic heterocycles. The van der Waals surface area contributed by atoms with Crippen LogP contribution in [0.4, 0.5) is 10.5 Å². The first kappa shape index (κ1) is 17.2. The number of urea groups is 1. The summed E-state index contributed by atoms with van der Waals surface area (Å²) in [6, 6.07) is 7.26. The van der Waals surface area contributed by atoms with Gasteiger partial charge in [0.05, 0.1) is 29.9 Å². The first-order valence-electron chi connectivity index (χ1n) is 8.74. The fourth-order valence-corrected chi connectivity index (χ4v) is 6.30. The molecule has 3 amide bonds. The Hall–Kier alpha value is -2.87. The zero-order chi connectivity index (χ0) is 19.8. The van der Waals surface area contributed by atoms with E-state index in [0.29, 0.717) is 28.7 Å². The van der Waals surface area contributed by atoms with Crippen LogP contribution in [0.15, 0.2) is 30.5 Å². The van der Waals surface area contributed by atoms with Crippen molar-refractivity contribution in [3.8, 4) is 6.07 Å². The van der Waals surface area contributed by atoms with Crippen LogP contribution in [0.1, 0.15) is 5.56 Å². The molecule has 4 atom stereocenters. The summed E-state index contributed by atoms with van der Waals surface area (Å²) >= 11 is 0. The Morgan fingerprint density at radius 1 is 1.25 bits per heavy atom. The molecule has 9 nitrogen and oxygen atoms in total. The molecular formula is C18H16N5O4S+. The molecule has 10 heteroatoms. The fourth-order valence-electron chi connectivity index (χ4n) is 4.83. The number of hydrogen-bond donors (Lipinski definition) is 0. The van der Waals surface area contributed by atoms with Crippen LogP contribution < -0.4 is 4.90 Å². The number of hydrogen-bond acceptors (Lipinski definition) is 7. The number of aromatic nitrogens is 1. The van der Waals surface area contributed by atoms with Gasteiger partial charge in [0.1, 0.15) is 12.7 Å². The maximum absolute atomic E-state index is 13.5. The predicted octanol–water partition coefficient (Wildman–Crippen LogP) is 0.416. The molecule has 1 aromatic carbocycles. The summed E-state index contributed by atoms with van der Waals surface area (Å²) in [7, 11) is -3.54. The van der Waals surface area contributed by atoms with Crippen molar-refractivity contribution in [2.24, 2.45) is 0 Å². The molecule has 0 N–H and O–H groups in total. The number of pyridine rings is 1. The topological polar surface area (TPSA) is 111 Å². The van der Waals surface area contributed by atoms with Gasteiger partial charge in [-0.1, -0.05) is 0 Å². The molecule has 4 heterocycles. The monoisotopic (exact) mass is 398 g/mol. The average Bonchev–Trinajstić information content (AvgIpc) is 3.30. The van der Waals surface area contributed by atoms with E-state index < -0.39 is 33.2 Å². The molecule has 2 aromatic rings. The maximum atomic E-state index is 13.5. The summed E-state index contributed by atoms with van der Waals surface area (Å²) in [6.07, 6.45) is 2.66. The second-order valence-electron chi connectivity index (χ2n) is 7.51. The standard InChI is InChI=1S/C18H16N5O4S/c1-28(26,27)15-9-21-8-14-17(24)22(18(25)23(14,15)10-21)13-5-4-11(7-19)16-12(13)3-2-6-20-16/h2-6,14-15H,8-10H2,1H3/q+1. The molecule has 2 bridgehead atoms. The lowest BCUT2D eigenvalue weighted by Crippen LogP contribution is -2.62. The van der Waals surface area contributed by atoms with Crippen LogP contribution >= 0.6 is 0 Å². The van der Waals surface area contributed by atoms with Crippen LogP contribution in [0.3, 0.4) is 0 Å². The number of carbonyl (C=O) groups excluding carboxylic acids is 2. The molecule has 3 aliphatic rings. The highest BCUT2D eigenvalue weighted by molar-refractivity contribution is 7.91. The van der Waals surface area contributed by atoms with E-state index >= 15 is 0 Å². The van der Waals surface area contributed by atoms with Gasteiger partial charge in [-0.3, -0.25) is 9.78 Å². The first-order chi connectivity index (χ1) is 13.3. The van der Waals surface area contributed by atoms with Crippen LogP contribution in [-0.4, -0.2) is 72.2 Å². The highest BCUT2D eigenvalue weighted by Crippen LogP contribution is 2.45. The van der Waals surface area contributed by atoms with E-state index in [1.54, 1.807) is 24.4 Å².